The second kappa shape index (κ2) is 5.60. The van der Waals surface area contributed by atoms with Crippen LogP contribution in [0, 0.1) is 0 Å². The minimum absolute atomic E-state index is 0.101. The molecule has 1 saturated carbocycles. The van der Waals surface area contributed by atoms with E-state index in [0.717, 1.165) is 12.8 Å². The first-order valence-electron chi connectivity index (χ1n) is 6.78. The van der Waals surface area contributed by atoms with E-state index < -0.39 is 11.7 Å². The Morgan fingerprint density at radius 1 is 1.20 bits per heavy atom. The number of halogens is 3. The fourth-order valence-corrected chi connectivity index (χ4v) is 2.95. The molecule has 112 valence electrons. The van der Waals surface area contributed by atoms with Gasteiger partial charge in [-0.25, -0.2) is 0 Å². The number of alkyl halides is 3. The Hall–Kier alpha value is -0.680. The second-order valence-corrected chi connectivity index (χ2v) is 8.09. The van der Waals surface area contributed by atoms with Gasteiger partial charge in [0.15, 0.2) is 0 Å². The van der Waals surface area contributed by atoms with Crippen LogP contribution in [0.1, 0.15) is 44.7 Å². The third-order valence-electron chi connectivity index (χ3n) is 2.97. The molecule has 0 amide bonds. The normalized spacial score (nSPS) is 16.5. The van der Waals surface area contributed by atoms with Gasteiger partial charge in [0.2, 0.25) is 0 Å². The van der Waals surface area contributed by atoms with Crippen LogP contribution in [-0.4, -0.2) is 10.8 Å². The van der Waals surface area contributed by atoms with E-state index in [1.54, 1.807) is 12.1 Å². The topological polar surface area (TPSA) is 12.0 Å². The van der Waals surface area contributed by atoms with Crippen molar-refractivity contribution >= 4 is 11.8 Å². The molecule has 1 aliphatic carbocycles. The SMILES string of the molecule is CC(C)(C)Sc1ccc(CNC2CC2)c(C(F)(F)F)c1. The van der Waals surface area contributed by atoms with Gasteiger partial charge in [-0.3, -0.25) is 0 Å². The minimum atomic E-state index is -4.30. The van der Waals surface area contributed by atoms with Gasteiger partial charge in [-0.2, -0.15) is 13.2 Å². The molecule has 0 atom stereocenters. The largest absolute Gasteiger partial charge is 0.416 e. The van der Waals surface area contributed by atoms with Crippen LogP contribution >= 0.6 is 11.8 Å². The standard InChI is InChI=1S/C15H20F3NS/c1-14(2,3)20-12-7-4-10(9-19-11-5-6-11)13(8-12)15(16,17)18/h4,7-8,11,19H,5-6,9H2,1-3H3. The molecule has 0 spiro atoms. The van der Waals surface area contributed by atoms with Crippen molar-refractivity contribution < 1.29 is 13.2 Å². The smallest absolute Gasteiger partial charge is 0.310 e. The van der Waals surface area contributed by atoms with Gasteiger partial charge in [0.25, 0.3) is 0 Å². The van der Waals surface area contributed by atoms with Crippen molar-refractivity contribution in [2.45, 2.75) is 62.0 Å². The van der Waals surface area contributed by atoms with Gasteiger partial charge in [-0.1, -0.05) is 26.8 Å². The summed E-state index contributed by atoms with van der Waals surface area (Å²) in [5.74, 6) is 0. The van der Waals surface area contributed by atoms with Gasteiger partial charge in [0.05, 0.1) is 5.56 Å². The van der Waals surface area contributed by atoms with Gasteiger partial charge < -0.3 is 5.32 Å². The lowest BCUT2D eigenvalue weighted by Crippen LogP contribution is -2.19. The van der Waals surface area contributed by atoms with Crippen molar-refractivity contribution in [2.75, 3.05) is 0 Å². The Balaban J connectivity index is 2.22. The monoisotopic (exact) mass is 303 g/mol. The van der Waals surface area contributed by atoms with Crippen molar-refractivity contribution in [2.24, 2.45) is 0 Å². The molecule has 1 aliphatic rings. The van der Waals surface area contributed by atoms with E-state index in [4.69, 9.17) is 0 Å². The Morgan fingerprint density at radius 3 is 2.35 bits per heavy atom. The maximum absolute atomic E-state index is 13.2. The molecule has 0 aliphatic heterocycles. The number of hydrogen-bond acceptors (Lipinski definition) is 2. The third-order valence-corrected chi connectivity index (χ3v) is 4.07. The Morgan fingerprint density at radius 2 is 1.85 bits per heavy atom. The summed E-state index contributed by atoms with van der Waals surface area (Å²) in [6.45, 7) is 6.27. The van der Waals surface area contributed by atoms with E-state index in [-0.39, 0.29) is 4.75 Å². The molecule has 1 aromatic carbocycles. The quantitative estimate of drug-likeness (QED) is 0.798. The summed E-state index contributed by atoms with van der Waals surface area (Å²) in [4.78, 5) is 0.667. The van der Waals surface area contributed by atoms with Crippen LogP contribution in [0.2, 0.25) is 0 Å². The second-order valence-electron chi connectivity index (χ2n) is 6.19. The number of benzene rings is 1. The zero-order valence-electron chi connectivity index (χ0n) is 12.0. The summed E-state index contributed by atoms with van der Waals surface area (Å²) < 4.78 is 39.4. The lowest BCUT2D eigenvalue weighted by atomic mass is 10.1. The molecule has 1 nitrogen and oxygen atoms in total. The first-order valence-corrected chi connectivity index (χ1v) is 7.59. The highest BCUT2D eigenvalue weighted by Gasteiger charge is 2.34. The van der Waals surface area contributed by atoms with Crippen LogP contribution in [-0.2, 0) is 12.7 Å². The lowest BCUT2D eigenvalue weighted by Gasteiger charge is -2.20. The summed E-state index contributed by atoms with van der Waals surface area (Å²) in [6.07, 6.45) is -2.16. The molecule has 0 heterocycles. The van der Waals surface area contributed by atoms with Crippen LogP contribution < -0.4 is 5.32 Å². The molecule has 2 rings (SSSR count). The van der Waals surface area contributed by atoms with Crippen molar-refractivity contribution in [1.82, 2.24) is 5.32 Å². The Bertz CT molecular complexity index is 473. The highest BCUT2D eigenvalue weighted by molar-refractivity contribution is 8.00. The number of nitrogens with one attached hydrogen (secondary N) is 1. The van der Waals surface area contributed by atoms with Crippen molar-refractivity contribution in [3.63, 3.8) is 0 Å². The summed E-state index contributed by atoms with van der Waals surface area (Å²) in [5, 5.41) is 3.15. The molecule has 20 heavy (non-hydrogen) atoms. The molecule has 0 unspecified atom stereocenters. The maximum atomic E-state index is 13.2. The van der Waals surface area contributed by atoms with Crippen LogP contribution in [0.5, 0.6) is 0 Å². The molecule has 0 radical (unpaired) electrons. The van der Waals surface area contributed by atoms with E-state index in [0.29, 0.717) is 23.0 Å². The molecule has 0 saturated heterocycles. The first kappa shape index (κ1) is 15.7. The molecule has 1 fully saturated rings. The molecule has 1 N–H and O–H groups in total. The van der Waals surface area contributed by atoms with Gasteiger partial charge in [0, 0.05) is 22.2 Å². The van der Waals surface area contributed by atoms with Gasteiger partial charge in [0.1, 0.15) is 0 Å². The molecule has 0 bridgehead atoms. The molecular weight excluding hydrogens is 283 g/mol. The summed E-state index contributed by atoms with van der Waals surface area (Å²) in [6, 6.07) is 5.07. The van der Waals surface area contributed by atoms with Crippen molar-refractivity contribution in [1.29, 1.82) is 0 Å². The molecule has 1 aromatic rings. The number of hydrogen-bond donors (Lipinski definition) is 1. The van der Waals surface area contributed by atoms with Gasteiger partial charge >= 0.3 is 6.18 Å². The number of thioether (sulfide) groups is 1. The van der Waals surface area contributed by atoms with E-state index in [1.165, 1.54) is 17.8 Å². The van der Waals surface area contributed by atoms with E-state index in [2.05, 4.69) is 5.32 Å². The van der Waals surface area contributed by atoms with Crippen LogP contribution in [0.3, 0.4) is 0 Å². The van der Waals surface area contributed by atoms with Gasteiger partial charge in [-0.05, 0) is 30.5 Å². The van der Waals surface area contributed by atoms with E-state index >= 15 is 0 Å². The molecular formula is C15H20F3NS. The van der Waals surface area contributed by atoms with Crippen molar-refractivity contribution in [3.05, 3.63) is 29.3 Å². The Labute approximate surface area is 122 Å². The van der Waals surface area contributed by atoms with Crippen LogP contribution in [0.4, 0.5) is 13.2 Å². The molecule has 5 heteroatoms. The average Bonchev–Trinajstić information content (AvgIpc) is 3.07. The first-order chi connectivity index (χ1) is 9.15. The predicted molar refractivity (Wildman–Crippen MR) is 76.9 cm³/mol. The van der Waals surface area contributed by atoms with Crippen molar-refractivity contribution in [3.8, 4) is 0 Å². The number of rotatable bonds is 4. The maximum Gasteiger partial charge on any atom is 0.416 e. The minimum Gasteiger partial charge on any atom is -0.310 e. The van der Waals surface area contributed by atoms with Crippen LogP contribution in [0.15, 0.2) is 23.1 Å². The average molecular weight is 303 g/mol. The summed E-state index contributed by atoms with van der Waals surface area (Å²) >= 11 is 1.46. The Kier molecular flexibility index (Phi) is 4.40. The van der Waals surface area contributed by atoms with Gasteiger partial charge in [-0.15, -0.1) is 11.8 Å². The third kappa shape index (κ3) is 4.70. The fourth-order valence-electron chi connectivity index (χ4n) is 1.93. The summed E-state index contributed by atoms with van der Waals surface area (Å²) in [5.41, 5.74) is -0.178. The molecule has 0 aromatic heterocycles. The zero-order valence-corrected chi connectivity index (χ0v) is 12.8. The summed E-state index contributed by atoms with van der Waals surface area (Å²) in [7, 11) is 0. The highest BCUT2D eigenvalue weighted by Crippen LogP contribution is 2.38. The lowest BCUT2D eigenvalue weighted by molar-refractivity contribution is -0.138. The zero-order chi connectivity index (χ0) is 15.0. The van der Waals surface area contributed by atoms with E-state index in [1.807, 2.05) is 20.8 Å². The van der Waals surface area contributed by atoms with Crippen LogP contribution in [0.25, 0.3) is 0 Å². The fraction of sp³-hybridized carbons (Fsp3) is 0.600. The van der Waals surface area contributed by atoms with E-state index in [9.17, 15) is 13.2 Å². The predicted octanol–water partition coefficient (Wildman–Crippen LogP) is 4.85. The highest BCUT2D eigenvalue weighted by atomic mass is 32.2.